The lowest BCUT2D eigenvalue weighted by Crippen LogP contribution is -2.48. The van der Waals surface area contributed by atoms with Crippen molar-refractivity contribution in [2.45, 2.75) is 26.1 Å². The lowest BCUT2D eigenvalue weighted by Gasteiger charge is -2.35. The number of rotatable bonds is 1. The maximum atomic E-state index is 13.1. The summed E-state index contributed by atoms with van der Waals surface area (Å²) in [5.74, 6) is -1.10. The number of aromatic hydroxyl groups is 1. The number of amides is 1. The van der Waals surface area contributed by atoms with Crippen molar-refractivity contribution in [3.63, 3.8) is 0 Å². The molecule has 1 fully saturated rings. The Morgan fingerprint density at radius 3 is 2.61 bits per heavy atom. The number of hydrogen-bond donors (Lipinski definition) is 1. The number of phenols is 1. The van der Waals surface area contributed by atoms with Crippen molar-refractivity contribution in [3.8, 4) is 5.75 Å². The van der Waals surface area contributed by atoms with E-state index in [1.165, 1.54) is 6.07 Å². The molecule has 1 N–H and O–H groups in total. The van der Waals surface area contributed by atoms with Gasteiger partial charge < -0.3 is 14.7 Å². The van der Waals surface area contributed by atoms with Gasteiger partial charge in [0.15, 0.2) is 0 Å². The van der Waals surface area contributed by atoms with Gasteiger partial charge in [0.25, 0.3) is 5.91 Å². The molecule has 0 bridgehead atoms. The fraction of sp³-hybridized carbons (Fsp3) is 0.462. The SMILES string of the molecule is C[C@@H]1CN(C(=O)c2cc(F)ccc2O)C[C@H](C)O1. The first-order chi connectivity index (χ1) is 8.47. The highest BCUT2D eigenvalue weighted by Gasteiger charge is 2.28. The van der Waals surface area contributed by atoms with Crippen LogP contribution in [0.4, 0.5) is 4.39 Å². The molecule has 0 aromatic heterocycles. The van der Waals surface area contributed by atoms with Crippen molar-refractivity contribution in [2.24, 2.45) is 0 Å². The van der Waals surface area contributed by atoms with Gasteiger partial charge in [0.05, 0.1) is 17.8 Å². The summed E-state index contributed by atoms with van der Waals surface area (Å²) in [5.41, 5.74) is -0.00343. The highest BCUT2D eigenvalue weighted by atomic mass is 19.1. The van der Waals surface area contributed by atoms with E-state index in [1.54, 1.807) is 4.90 Å². The Balaban J connectivity index is 2.22. The average molecular weight is 253 g/mol. The molecule has 0 spiro atoms. The van der Waals surface area contributed by atoms with Crippen LogP contribution in [0.2, 0.25) is 0 Å². The summed E-state index contributed by atoms with van der Waals surface area (Å²) in [6.07, 6.45) is -0.123. The van der Waals surface area contributed by atoms with E-state index >= 15 is 0 Å². The summed E-state index contributed by atoms with van der Waals surface area (Å²) in [6.45, 7) is 4.64. The number of hydrogen-bond acceptors (Lipinski definition) is 3. The minimum Gasteiger partial charge on any atom is -0.507 e. The Bertz CT molecular complexity index is 454. The number of halogens is 1. The van der Waals surface area contributed by atoms with Crippen LogP contribution >= 0.6 is 0 Å². The Hall–Kier alpha value is -1.62. The molecule has 4 nitrogen and oxygen atoms in total. The highest BCUT2D eigenvalue weighted by Crippen LogP contribution is 2.22. The van der Waals surface area contributed by atoms with Crippen LogP contribution in [0.3, 0.4) is 0 Å². The minimum absolute atomic E-state index is 0.00343. The third-order valence-corrected chi connectivity index (χ3v) is 2.90. The molecule has 1 amide bonds. The highest BCUT2D eigenvalue weighted by molar-refractivity contribution is 5.96. The lowest BCUT2D eigenvalue weighted by molar-refractivity contribution is -0.0586. The summed E-state index contributed by atoms with van der Waals surface area (Å²) in [4.78, 5) is 13.8. The average Bonchev–Trinajstić information content (AvgIpc) is 2.30. The maximum absolute atomic E-state index is 13.1. The number of ether oxygens (including phenoxy) is 1. The van der Waals surface area contributed by atoms with Crippen LogP contribution < -0.4 is 0 Å². The summed E-state index contributed by atoms with van der Waals surface area (Å²) in [6, 6.07) is 3.37. The molecule has 0 saturated carbocycles. The molecule has 0 radical (unpaired) electrons. The first-order valence-electron chi connectivity index (χ1n) is 5.90. The normalized spacial score (nSPS) is 24.1. The molecule has 1 heterocycles. The standard InChI is InChI=1S/C13H16FNO3/c1-8-6-15(7-9(2)18-8)13(17)11-5-10(14)3-4-12(11)16/h3-5,8-9,16H,6-7H2,1-2H3/t8-,9+. The van der Waals surface area contributed by atoms with Crippen LogP contribution in [0.5, 0.6) is 5.75 Å². The Kier molecular flexibility index (Phi) is 3.52. The topological polar surface area (TPSA) is 49.8 Å². The van der Waals surface area contributed by atoms with Crippen LogP contribution in [0.15, 0.2) is 18.2 Å². The van der Waals surface area contributed by atoms with Gasteiger partial charge in [-0.25, -0.2) is 4.39 Å². The number of carbonyl (C=O) groups is 1. The number of benzene rings is 1. The molecular formula is C13H16FNO3. The molecule has 1 saturated heterocycles. The maximum Gasteiger partial charge on any atom is 0.257 e. The van der Waals surface area contributed by atoms with Crippen LogP contribution in [-0.2, 0) is 4.74 Å². The molecule has 1 aliphatic rings. The van der Waals surface area contributed by atoms with Gasteiger partial charge in [0, 0.05) is 13.1 Å². The van der Waals surface area contributed by atoms with E-state index in [0.29, 0.717) is 13.1 Å². The van der Waals surface area contributed by atoms with Crippen LogP contribution in [0.1, 0.15) is 24.2 Å². The fourth-order valence-electron chi connectivity index (χ4n) is 2.19. The largest absolute Gasteiger partial charge is 0.507 e. The van der Waals surface area contributed by atoms with Crippen molar-refractivity contribution in [3.05, 3.63) is 29.6 Å². The molecule has 98 valence electrons. The molecular weight excluding hydrogens is 237 g/mol. The zero-order valence-corrected chi connectivity index (χ0v) is 10.4. The van der Waals surface area contributed by atoms with Crippen molar-refractivity contribution in [1.82, 2.24) is 4.90 Å². The minimum atomic E-state index is -0.537. The summed E-state index contributed by atoms with van der Waals surface area (Å²) < 4.78 is 18.6. The van der Waals surface area contributed by atoms with Gasteiger partial charge in [0.2, 0.25) is 0 Å². The Morgan fingerprint density at radius 2 is 2.00 bits per heavy atom. The number of carbonyl (C=O) groups excluding carboxylic acids is 1. The summed E-state index contributed by atoms with van der Waals surface area (Å²) in [5, 5.41) is 9.62. The molecule has 2 rings (SSSR count). The fourth-order valence-corrected chi connectivity index (χ4v) is 2.19. The van der Waals surface area contributed by atoms with Crippen LogP contribution in [-0.4, -0.2) is 41.2 Å². The van der Waals surface area contributed by atoms with Crippen molar-refractivity contribution >= 4 is 5.91 Å². The van der Waals surface area contributed by atoms with Gasteiger partial charge in [-0.3, -0.25) is 4.79 Å². The van der Waals surface area contributed by atoms with Gasteiger partial charge in [-0.15, -0.1) is 0 Å². The molecule has 0 aliphatic carbocycles. The first-order valence-corrected chi connectivity index (χ1v) is 5.90. The summed E-state index contributed by atoms with van der Waals surface area (Å²) in [7, 11) is 0. The van der Waals surface area contributed by atoms with E-state index in [-0.39, 0.29) is 29.4 Å². The van der Waals surface area contributed by atoms with Crippen molar-refractivity contribution < 1.29 is 19.0 Å². The van der Waals surface area contributed by atoms with E-state index in [9.17, 15) is 14.3 Å². The third-order valence-electron chi connectivity index (χ3n) is 2.90. The van der Waals surface area contributed by atoms with Crippen molar-refractivity contribution in [2.75, 3.05) is 13.1 Å². The van der Waals surface area contributed by atoms with Gasteiger partial charge in [-0.2, -0.15) is 0 Å². The van der Waals surface area contributed by atoms with E-state index in [1.807, 2.05) is 13.8 Å². The third kappa shape index (κ3) is 2.61. The van der Waals surface area contributed by atoms with E-state index in [2.05, 4.69) is 0 Å². The second-order valence-electron chi connectivity index (χ2n) is 4.63. The second kappa shape index (κ2) is 4.94. The molecule has 1 aliphatic heterocycles. The van der Waals surface area contributed by atoms with Crippen molar-refractivity contribution in [1.29, 1.82) is 0 Å². The lowest BCUT2D eigenvalue weighted by atomic mass is 10.1. The predicted molar refractivity (Wildman–Crippen MR) is 64.0 cm³/mol. The molecule has 1 aromatic rings. The smallest absolute Gasteiger partial charge is 0.257 e. The molecule has 2 atom stereocenters. The van der Waals surface area contributed by atoms with Crippen LogP contribution in [0, 0.1) is 5.82 Å². The quantitative estimate of drug-likeness (QED) is 0.830. The molecule has 0 unspecified atom stereocenters. The Labute approximate surface area is 105 Å². The zero-order valence-electron chi connectivity index (χ0n) is 10.4. The van der Waals surface area contributed by atoms with Gasteiger partial charge in [0.1, 0.15) is 11.6 Å². The van der Waals surface area contributed by atoms with E-state index in [4.69, 9.17) is 4.74 Å². The predicted octanol–water partition coefficient (Wildman–Crippen LogP) is 1.78. The second-order valence-corrected chi connectivity index (χ2v) is 4.63. The monoisotopic (exact) mass is 253 g/mol. The number of nitrogens with zero attached hydrogens (tertiary/aromatic N) is 1. The Morgan fingerprint density at radius 1 is 1.39 bits per heavy atom. The van der Waals surface area contributed by atoms with Gasteiger partial charge >= 0.3 is 0 Å². The molecule has 1 aromatic carbocycles. The summed E-state index contributed by atoms with van der Waals surface area (Å²) >= 11 is 0. The molecule has 18 heavy (non-hydrogen) atoms. The number of morpholine rings is 1. The van der Waals surface area contributed by atoms with Gasteiger partial charge in [-0.1, -0.05) is 0 Å². The number of phenolic OH excluding ortho intramolecular Hbond substituents is 1. The first kappa shape index (κ1) is 12.8. The van der Waals surface area contributed by atoms with Crippen LogP contribution in [0.25, 0.3) is 0 Å². The van der Waals surface area contributed by atoms with E-state index in [0.717, 1.165) is 12.1 Å². The molecule has 5 heteroatoms. The zero-order chi connectivity index (χ0) is 13.3. The van der Waals surface area contributed by atoms with Gasteiger partial charge in [-0.05, 0) is 32.0 Å². The van der Waals surface area contributed by atoms with E-state index < -0.39 is 5.82 Å².